The zero-order valence-electron chi connectivity index (χ0n) is 16.0. The van der Waals surface area contributed by atoms with Crippen molar-refractivity contribution in [2.24, 2.45) is 0 Å². The molecular formula is C19H22N4O3S2. The van der Waals surface area contributed by atoms with Gasteiger partial charge in [-0.3, -0.25) is 4.79 Å². The predicted octanol–water partition coefficient (Wildman–Crippen LogP) is 2.43. The van der Waals surface area contributed by atoms with Crippen molar-refractivity contribution in [1.82, 2.24) is 9.21 Å². The van der Waals surface area contributed by atoms with Crippen LogP contribution in [0.4, 0.5) is 5.00 Å². The molecule has 0 unspecified atom stereocenters. The number of hydrogen-bond acceptors (Lipinski definition) is 6. The summed E-state index contributed by atoms with van der Waals surface area (Å²) in [5, 5.41) is 12.6. The largest absolute Gasteiger partial charge is 0.312 e. The van der Waals surface area contributed by atoms with Gasteiger partial charge in [0.25, 0.3) is 5.91 Å². The molecule has 0 saturated carbocycles. The van der Waals surface area contributed by atoms with Crippen LogP contribution in [0, 0.1) is 25.2 Å². The van der Waals surface area contributed by atoms with Gasteiger partial charge in [0.2, 0.25) is 10.0 Å². The van der Waals surface area contributed by atoms with Gasteiger partial charge in [-0.1, -0.05) is 6.07 Å². The molecule has 0 aliphatic carbocycles. The number of nitrogens with one attached hydrogen (secondary N) is 1. The molecule has 1 N–H and O–H groups in total. The molecule has 0 radical (unpaired) electrons. The quantitative estimate of drug-likeness (QED) is 0.823. The fraction of sp³-hybridized carbons (Fsp3) is 0.368. The van der Waals surface area contributed by atoms with Crippen LogP contribution < -0.4 is 5.32 Å². The molecule has 28 heavy (non-hydrogen) atoms. The van der Waals surface area contributed by atoms with Crippen LogP contribution in [-0.2, 0) is 10.0 Å². The van der Waals surface area contributed by atoms with Crippen LogP contribution in [0.25, 0.3) is 0 Å². The third kappa shape index (κ3) is 3.95. The van der Waals surface area contributed by atoms with Crippen molar-refractivity contribution >= 4 is 32.3 Å². The van der Waals surface area contributed by atoms with Gasteiger partial charge in [0.15, 0.2) is 0 Å². The number of carbonyl (C=O) groups excluding carboxylic acids is 1. The van der Waals surface area contributed by atoms with Gasteiger partial charge in [-0.2, -0.15) is 9.57 Å². The number of aryl methyl sites for hydroxylation is 1. The Morgan fingerprint density at radius 3 is 2.54 bits per heavy atom. The average molecular weight is 419 g/mol. The first-order valence-corrected chi connectivity index (χ1v) is 11.1. The lowest BCUT2D eigenvalue weighted by Gasteiger charge is -2.31. The minimum absolute atomic E-state index is 0.101. The van der Waals surface area contributed by atoms with Gasteiger partial charge >= 0.3 is 0 Å². The number of nitriles is 1. The van der Waals surface area contributed by atoms with E-state index in [1.807, 2.05) is 20.9 Å². The molecule has 1 amide bonds. The van der Waals surface area contributed by atoms with E-state index in [4.69, 9.17) is 0 Å². The predicted molar refractivity (Wildman–Crippen MR) is 109 cm³/mol. The smallest absolute Gasteiger partial charge is 0.256 e. The van der Waals surface area contributed by atoms with Gasteiger partial charge in [0.05, 0.1) is 10.5 Å². The second kappa shape index (κ2) is 8.01. The van der Waals surface area contributed by atoms with Crippen LogP contribution in [0.15, 0.2) is 29.2 Å². The third-order valence-corrected chi connectivity index (χ3v) is 7.94. The van der Waals surface area contributed by atoms with E-state index in [-0.39, 0.29) is 10.5 Å². The molecular weight excluding hydrogens is 396 g/mol. The summed E-state index contributed by atoms with van der Waals surface area (Å²) in [7, 11) is -1.70. The summed E-state index contributed by atoms with van der Waals surface area (Å²) in [4.78, 5) is 15.8. The molecule has 2 heterocycles. The number of piperazine rings is 1. The van der Waals surface area contributed by atoms with Crippen LogP contribution in [-0.4, -0.2) is 56.8 Å². The standard InChI is InChI=1S/C19H22N4O3S2/c1-13-14(2)27-19(17(13)12-20)21-18(24)15-5-4-6-16(11-15)28(25,26)23-9-7-22(3)8-10-23/h4-6,11H,7-10H2,1-3H3,(H,21,24). The summed E-state index contributed by atoms with van der Waals surface area (Å²) < 4.78 is 27.3. The maximum Gasteiger partial charge on any atom is 0.256 e. The lowest BCUT2D eigenvalue weighted by molar-refractivity contribution is 0.102. The number of benzene rings is 1. The third-order valence-electron chi connectivity index (χ3n) is 4.92. The first kappa shape index (κ1) is 20.5. The Morgan fingerprint density at radius 2 is 1.89 bits per heavy atom. The van der Waals surface area contributed by atoms with E-state index in [0.29, 0.717) is 36.7 Å². The monoisotopic (exact) mass is 418 g/mol. The molecule has 1 aromatic carbocycles. The summed E-state index contributed by atoms with van der Waals surface area (Å²) in [6.45, 7) is 5.92. The van der Waals surface area contributed by atoms with E-state index >= 15 is 0 Å². The number of thiophene rings is 1. The Labute approximate surface area is 169 Å². The normalized spacial score (nSPS) is 15.9. The van der Waals surface area contributed by atoms with E-state index in [2.05, 4.69) is 16.3 Å². The molecule has 148 valence electrons. The van der Waals surface area contributed by atoms with Gasteiger partial charge < -0.3 is 10.2 Å². The van der Waals surface area contributed by atoms with Gasteiger partial charge in [0.1, 0.15) is 11.1 Å². The fourth-order valence-corrected chi connectivity index (χ4v) is 5.47. The van der Waals surface area contributed by atoms with E-state index < -0.39 is 15.9 Å². The molecule has 3 rings (SSSR count). The van der Waals surface area contributed by atoms with E-state index in [9.17, 15) is 18.5 Å². The van der Waals surface area contributed by atoms with Crippen molar-refractivity contribution in [3.63, 3.8) is 0 Å². The van der Waals surface area contributed by atoms with Crippen LogP contribution in [0.2, 0.25) is 0 Å². The van der Waals surface area contributed by atoms with E-state index in [0.717, 1.165) is 10.4 Å². The molecule has 0 spiro atoms. The molecule has 7 nitrogen and oxygen atoms in total. The highest BCUT2D eigenvalue weighted by Gasteiger charge is 2.28. The highest BCUT2D eigenvalue weighted by Crippen LogP contribution is 2.32. The molecule has 1 aromatic heterocycles. The summed E-state index contributed by atoms with van der Waals surface area (Å²) in [5.74, 6) is -0.437. The highest BCUT2D eigenvalue weighted by molar-refractivity contribution is 7.89. The Kier molecular flexibility index (Phi) is 5.86. The van der Waals surface area contributed by atoms with Crippen LogP contribution in [0.5, 0.6) is 0 Å². The maximum atomic E-state index is 12.9. The number of nitrogens with zero attached hydrogens (tertiary/aromatic N) is 3. The summed E-state index contributed by atoms with van der Waals surface area (Å²) in [5.41, 5.74) is 1.52. The summed E-state index contributed by atoms with van der Waals surface area (Å²) in [6, 6.07) is 8.14. The maximum absolute atomic E-state index is 12.9. The molecule has 1 saturated heterocycles. The second-order valence-corrected chi connectivity index (χ2v) is 9.95. The highest BCUT2D eigenvalue weighted by atomic mass is 32.2. The molecule has 0 bridgehead atoms. The number of carbonyl (C=O) groups is 1. The number of rotatable bonds is 4. The zero-order chi connectivity index (χ0) is 20.5. The van der Waals surface area contributed by atoms with Crippen molar-refractivity contribution < 1.29 is 13.2 Å². The number of hydrogen-bond donors (Lipinski definition) is 1. The zero-order valence-corrected chi connectivity index (χ0v) is 17.7. The lowest BCUT2D eigenvalue weighted by Crippen LogP contribution is -2.47. The van der Waals surface area contributed by atoms with Crippen molar-refractivity contribution in [3.05, 3.63) is 45.8 Å². The van der Waals surface area contributed by atoms with Gasteiger partial charge in [-0.25, -0.2) is 8.42 Å². The first-order chi connectivity index (χ1) is 13.2. The molecule has 2 aromatic rings. The topological polar surface area (TPSA) is 93.5 Å². The van der Waals surface area contributed by atoms with Crippen LogP contribution in [0.3, 0.4) is 0 Å². The second-order valence-electron chi connectivity index (χ2n) is 6.79. The summed E-state index contributed by atoms with van der Waals surface area (Å²) in [6.07, 6.45) is 0. The average Bonchev–Trinajstić information content (AvgIpc) is 2.95. The van der Waals surface area contributed by atoms with E-state index in [1.54, 1.807) is 12.1 Å². The Hall–Kier alpha value is -2.25. The molecule has 0 atom stereocenters. The number of amides is 1. The molecule has 1 aliphatic rings. The fourth-order valence-electron chi connectivity index (χ4n) is 3.00. The van der Waals surface area contributed by atoms with Crippen LogP contribution >= 0.6 is 11.3 Å². The first-order valence-electron chi connectivity index (χ1n) is 8.84. The summed E-state index contributed by atoms with van der Waals surface area (Å²) >= 11 is 1.34. The van der Waals surface area contributed by atoms with Crippen molar-refractivity contribution in [1.29, 1.82) is 5.26 Å². The van der Waals surface area contributed by atoms with Crippen LogP contribution in [0.1, 0.15) is 26.4 Å². The Balaban J connectivity index is 1.84. The molecule has 1 aliphatic heterocycles. The van der Waals surface area contributed by atoms with Gasteiger partial charge in [0, 0.05) is 36.6 Å². The number of anilines is 1. The van der Waals surface area contributed by atoms with Crippen molar-refractivity contribution in [2.75, 3.05) is 38.5 Å². The van der Waals surface area contributed by atoms with Crippen molar-refractivity contribution in [3.8, 4) is 6.07 Å². The van der Waals surface area contributed by atoms with Gasteiger partial charge in [-0.15, -0.1) is 11.3 Å². The molecule has 1 fully saturated rings. The Morgan fingerprint density at radius 1 is 1.21 bits per heavy atom. The minimum Gasteiger partial charge on any atom is -0.312 e. The number of likely N-dealkylation sites (N-methyl/N-ethyl adjacent to an activating group) is 1. The SMILES string of the molecule is Cc1sc(NC(=O)c2cccc(S(=O)(=O)N3CCN(C)CC3)c2)c(C#N)c1C. The van der Waals surface area contributed by atoms with E-state index in [1.165, 1.54) is 27.8 Å². The lowest BCUT2D eigenvalue weighted by atomic mass is 10.2. The number of sulfonamides is 1. The molecule has 9 heteroatoms. The van der Waals surface area contributed by atoms with Crippen molar-refractivity contribution in [2.45, 2.75) is 18.7 Å². The Bertz CT molecular complexity index is 1050. The minimum atomic E-state index is -3.65. The van der Waals surface area contributed by atoms with Gasteiger partial charge in [-0.05, 0) is 44.7 Å².